The van der Waals surface area contributed by atoms with Crippen LogP contribution in [0.2, 0.25) is 0 Å². The van der Waals surface area contributed by atoms with Gasteiger partial charge in [-0.15, -0.1) is 11.3 Å². The Balaban J connectivity index is 1.33. The van der Waals surface area contributed by atoms with Gasteiger partial charge < -0.3 is 4.74 Å². The van der Waals surface area contributed by atoms with Crippen molar-refractivity contribution in [2.45, 2.75) is 12.8 Å². The van der Waals surface area contributed by atoms with Crippen LogP contribution in [0.5, 0.6) is 5.75 Å². The average Bonchev–Trinajstić information content (AvgIpc) is 3.43. The van der Waals surface area contributed by atoms with Crippen molar-refractivity contribution in [1.82, 2.24) is 4.98 Å². The van der Waals surface area contributed by atoms with Crippen LogP contribution in [-0.2, 0) is 4.79 Å². The molecule has 130 valence electrons. The lowest BCUT2D eigenvalue weighted by molar-refractivity contribution is -0.135. The van der Waals surface area contributed by atoms with E-state index in [1.54, 1.807) is 18.3 Å². The molecule has 0 spiro atoms. The zero-order chi connectivity index (χ0) is 17.8. The molecule has 2 aromatic carbocycles. The quantitative estimate of drug-likeness (QED) is 0.301. The van der Waals surface area contributed by atoms with Crippen molar-refractivity contribution in [3.05, 3.63) is 65.5 Å². The highest BCUT2D eigenvalue weighted by molar-refractivity contribution is 7.14. The summed E-state index contributed by atoms with van der Waals surface area (Å²) < 4.78 is 5.30. The van der Waals surface area contributed by atoms with Crippen LogP contribution >= 0.6 is 11.3 Å². The van der Waals surface area contributed by atoms with Crippen molar-refractivity contribution in [2.24, 2.45) is 11.0 Å². The summed E-state index contributed by atoms with van der Waals surface area (Å²) in [4.78, 5) is 16.1. The average molecular weight is 363 g/mol. The lowest BCUT2D eigenvalue weighted by Crippen LogP contribution is -2.09. The molecule has 1 aliphatic carbocycles. The zero-order valence-corrected chi connectivity index (χ0v) is 14.8. The summed E-state index contributed by atoms with van der Waals surface area (Å²) in [6.45, 7) is 0. The fraction of sp³-hybridized carbons (Fsp3) is 0.150. The molecule has 0 unspecified atom stereocenters. The van der Waals surface area contributed by atoms with Crippen LogP contribution < -0.4 is 10.2 Å². The van der Waals surface area contributed by atoms with Crippen LogP contribution in [-0.4, -0.2) is 17.2 Å². The number of ether oxygens (including phenoxy) is 1. The third-order valence-corrected chi connectivity index (χ3v) is 4.70. The van der Waals surface area contributed by atoms with Crippen LogP contribution in [0, 0.1) is 5.92 Å². The molecule has 0 aliphatic heterocycles. The van der Waals surface area contributed by atoms with Crippen molar-refractivity contribution in [3.8, 4) is 17.0 Å². The number of aromatic nitrogens is 1. The van der Waals surface area contributed by atoms with Crippen molar-refractivity contribution < 1.29 is 9.53 Å². The zero-order valence-electron chi connectivity index (χ0n) is 14.0. The minimum atomic E-state index is -0.133. The van der Waals surface area contributed by atoms with E-state index in [1.807, 2.05) is 47.8 Å². The molecule has 3 aromatic rings. The highest BCUT2D eigenvalue weighted by Crippen LogP contribution is 2.30. The summed E-state index contributed by atoms with van der Waals surface area (Å²) in [7, 11) is 0. The summed E-state index contributed by atoms with van der Waals surface area (Å²) in [5.41, 5.74) is 5.86. The highest BCUT2D eigenvalue weighted by atomic mass is 32.1. The van der Waals surface area contributed by atoms with Gasteiger partial charge in [-0.3, -0.25) is 10.2 Å². The van der Waals surface area contributed by atoms with Gasteiger partial charge in [-0.25, -0.2) is 4.98 Å². The number of hydrogen-bond donors (Lipinski definition) is 1. The summed E-state index contributed by atoms with van der Waals surface area (Å²) >= 11 is 1.50. The Hall–Kier alpha value is -2.99. The molecular weight excluding hydrogens is 346 g/mol. The molecule has 26 heavy (non-hydrogen) atoms. The molecular formula is C20H17N3O2S. The summed E-state index contributed by atoms with van der Waals surface area (Å²) in [6.07, 6.45) is 3.59. The van der Waals surface area contributed by atoms with Crippen molar-refractivity contribution in [2.75, 3.05) is 5.43 Å². The second kappa shape index (κ2) is 7.49. The third kappa shape index (κ3) is 4.15. The first-order valence-corrected chi connectivity index (χ1v) is 9.28. The standard InChI is InChI=1S/C20H17N3O2S/c24-19(16-8-9-16)25-17-10-6-14(7-11-17)12-21-23-20-22-18(13-26-20)15-4-2-1-3-5-15/h1-7,10-13,16H,8-9H2,(H,22,23). The van der Waals surface area contributed by atoms with E-state index in [-0.39, 0.29) is 11.9 Å². The number of nitrogens with zero attached hydrogens (tertiary/aromatic N) is 2. The lowest BCUT2D eigenvalue weighted by Gasteiger charge is -2.03. The predicted molar refractivity (Wildman–Crippen MR) is 104 cm³/mol. The van der Waals surface area contributed by atoms with Crippen LogP contribution in [0.4, 0.5) is 5.13 Å². The molecule has 6 heteroatoms. The molecule has 0 bridgehead atoms. The Labute approximate surface area is 155 Å². The second-order valence-electron chi connectivity index (χ2n) is 6.04. The molecule has 0 saturated heterocycles. The molecule has 5 nitrogen and oxygen atoms in total. The Morgan fingerprint density at radius 3 is 2.65 bits per heavy atom. The second-order valence-corrected chi connectivity index (χ2v) is 6.90. The summed E-state index contributed by atoms with van der Waals surface area (Å²) in [5.74, 6) is 0.532. The van der Waals surface area contributed by atoms with Crippen LogP contribution in [0.3, 0.4) is 0 Å². The van der Waals surface area contributed by atoms with Crippen LogP contribution in [0.25, 0.3) is 11.3 Å². The van der Waals surface area contributed by atoms with Gasteiger partial charge in [-0.1, -0.05) is 30.3 Å². The van der Waals surface area contributed by atoms with Gasteiger partial charge in [-0.2, -0.15) is 5.10 Å². The number of rotatable bonds is 6. The van der Waals surface area contributed by atoms with E-state index in [0.717, 1.165) is 34.8 Å². The van der Waals surface area contributed by atoms with Gasteiger partial charge in [0.05, 0.1) is 17.8 Å². The van der Waals surface area contributed by atoms with Crippen molar-refractivity contribution >= 4 is 28.7 Å². The lowest BCUT2D eigenvalue weighted by atomic mass is 10.2. The van der Waals surface area contributed by atoms with Gasteiger partial charge >= 0.3 is 5.97 Å². The van der Waals surface area contributed by atoms with Crippen LogP contribution in [0.15, 0.2) is 65.1 Å². The van der Waals surface area contributed by atoms with E-state index in [9.17, 15) is 4.79 Å². The SMILES string of the molecule is O=C(Oc1ccc(C=NNc2nc(-c3ccccc3)cs2)cc1)C1CC1. The number of esters is 1. The molecule has 1 aliphatic rings. The number of nitrogens with one attached hydrogen (secondary N) is 1. The molecule has 0 amide bonds. The molecule has 0 atom stereocenters. The van der Waals surface area contributed by atoms with Crippen molar-refractivity contribution in [3.63, 3.8) is 0 Å². The maximum absolute atomic E-state index is 11.6. The number of hydrogen-bond acceptors (Lipinski definition) is 6. The summed E-state index contributed by atoms with van der Waals surface area (Å²) in [5, 5.41) is 6.94. The Morgan fingerprint density at radius 1 is 1.15 bits per heavy atom. The van der Waals surface area contributed by atoms with E-state index < -0.39 is 0 Å². The maximum atomic E-state index is 11.6. The molecule has 1 saturated carbocycles. The maximum Gasteiger partial charge on any atom is 0.314 e. The fourth-order valence-electron chi connectivity index (χ4n) is 2.37. The number of thiazole rings is 1. The van der Waals surface area contributed by atoms with Gasteiger partial charge in [0, 0.05) is 10.9 Å². The monoisotopic (exact) mass is 363 g/mol. The first-order valence-electron chi connectivity index (χ1n) is 8.40. The topological polar surface area (TPSA) is 63.6 Å². The molecule has 1 fully saturated rings. The highest BCUT2D eigenvalue weighted by Gasteiger charge is 2.31. The van der Waals surface area contributed by atoms with Gasteiger partial charge in [0.2, 0.25) is 5.13 Å². The minimum Gasteiger partial charge on any atom is -0.426 e. The largest absolute Gasteiger partial charge is 0.426 e. The minimum absolute atomic E-state index is 0.0968. The number of hydrazone groups is 1. The van der Waals surface area contributed by atoms with Crippen LogP contribution in [0.1, 0.15) is 18.4 Å². The van der Waals surface area contributed by atoms with Gasteiger partial charge in [0.15, 0.2) is 0 Å². The predicted octanol–water partition coefficient (Wildman–Crippen LogP) is 4.57. The molecule has 4 rings (SSSR count). The van der Waals surface area contributed by atoms with Crippen molar-refractivity contribution in [1.29, 1.82) is 0 Å². The molecule has 1 N–H and O–H groups in total. The van der Waals surface area contributed by atoms with E-state index >= 15 is 0 Å². The first kappa shape index (κ1) is 16.5. The number of carbonyl (C=O) groups excluding carboxylic acids is 1. The van der Waals surface area contributed by atoms with E-state index in [4.69, 9.17) is 4.74 Å². The van der Waals surface area contributed by atoms with E-state index in [2.05, 4.69) is 15.5 Å². The van der Waals surface area contributed by atoms with E-state index in [0.29, 0.717) is 5.75 Å². The number of anilines is 1. The normalized spacial score (nSPS) is 13.7. The Morgan fingerprint density at radius 2 is 1.92 bits per heavy atom. The first-order chi connectivity index (χ1) is 12.8. The summed E-state index contributed by atoms with van der Waals surface area (Å²) in [6, 6.07) is 17.3. The molecule has 1 heterocycles. The van der Waals surface area contributed by atoms with Gasteiger partial charge in [0.1, 0.15) is 5.75 Å². The number of benzene rings is 2. The van der Waals surface area contributed by atoms with E-state index in [1.165, 1.54) is 11.3 Å². The van der Waals surface area contributed by atoms with Gasteiger partial charge in [0.25, 0.3) is 0 Å². The third-order valence-electron chi connectivity index (χ3n) is 3.96. The molecule has 1 aromatic heterocycles. The fourth-order valence-corrected chi connectivity index (χ4v) is 3.04. The Bertz CT molecular complexity index is 916. The smallest absolute Gasteiger partial charge is 0.314 e. The molecule has 0 radical (unpaired) electrons. The van der Waals surface area contributed by atoms with Gasteiger partial charge in [-0.05, 0) is 42.7 Å². The Kier molecular flexibility index (Phi) is 4.75. The number of carbonyl (C=O) groups is 1.